The van der Waals surface area contributed by atoms with E-state index < -0.39 is 0 Å². The van der Waals surface area contributed by atoms with Crippen LogP contribution in [0.5, 0.6) is 5.75 Å². The first-order valence-corrected chi connectivity index (χ1v) is 9.81. The number of carbonyl (C=O) groups is 2. The summed E-state index contributed by atoms with van der Waals surface area (Å²) in [4.78, 5) is 30.3. The smallest absolute Gasteiger partial charge is 0.292 e. The van der Waals surface area contributed by atoms with Crippen LogP contribution in [0.25, 0.3) is 0 Å². The van der Waals surface area contributed by atoms with Crippen LogP contribution in [-0.2, 0) is 9.59 Å². The lowest BCUT2D eigenvalue weighted by Gasteiger charge is -2.36. The molecule has 2 aromatic rings. The van der Waals surface area contributed by atoms with Crippen LogP contribution in [0.4, 0.5) is 11.4 Å². The van der Waals surface area contributed by atoms with Crippen molar-refractivity contribution in [2.75, 3.05) is 43.1 Å². The second-order valence-corrected chi connectivity index (χ2v) is 7.53. The number of hydrogen-bond acceptors (Lipinski definition) is 4. The van der Waals surface area contributed by atoms with E-state index in [1.807, 2.05) is 24.3 Å². The molecule has 2 fully saturated rings. The summed E-state index contributed by atoms with van der Waals surface area (Å²) >= 11 is 6.31. The molecule has 0 spiro atoms. The Morgan fingerprint density at radius 2 is 1.82 bits per heavy atom. The van der Waals surface area contributed by atoms with Gasteiger partial charge in [0.1, 0.15) is 5.75 Å². The number of benzene rings is 2. The third kappa shape index (κ3) is 3.45. The van der Waals surface area contributed by atoms with Crippen molar-refractivity contribution in [1.29, 1.82) is 0 Å². The van der Waals surface area contributed by atoms with Gasteiger partial charge >= 0.3 is 0 Å². The number of piperazine rings is 1. The topological polar surface area (TPSA) is 54.3 Å². The molecule has 0 saturated carbocycles. The number of ether oxygens (including phenoxy) is 1. The van der Waals surface area contributed by atoms with Crippen LogP contribution in [0.3, 0.4) is 0 Å². The van der Waals surface area contributed by atoms with Crippen LogP contribution < -0.4 is 19.4 Å². The van der Waals surface area contributed by atoms with E-state index in [4.69, 9.17) is 16.3 Å². The third-order valence-corrected chi connectivity index (χ3v) is 5.87. The molecule has 0 aliphatic carbocycles. The highest BCUT2D eigenvalue weighted by molar-refractivity contribution is 6.33. The standard InChI is InChI=1S/C21H22ClN3O3/c1-28-16-6-4-5-15(13-16)25-20(26)14-19(21(25)27)24-11-9-23(10-12-24)18-8-3-2-7-17(18)22/h2-8,13,19H,9-12,14H2,1H3/p+1/t19-/m0/s1. The fourth-order valence-corrected chi connectivity index (χ4v) is 4.32. The minimum Gasteiger partial charge on any atom is -0.497 e. The second kappa shape index (κ2) is 7.81. The molecule has 1 N–H and O–H groups in total. The van der Waals surface area contributed by atoms with E-state index in [1.165, 1.54) is 4.90 Å². The Hall–Kier alpha value is -2.57. The lowest BCUT2D eigenvalue weighted by atomic mass is 10.1. The molecule has 2 saturated heterocycles. The Morgan fingerprint density at radius 3 is 2.54 bits per heavy atom. The van der Waals surface area contributed by atoms with Crippen molar-refractivity contribution < 1.29 is 19.2 Å². The zero-order valence-electron chi connectivity index (χ0n) is 15.7. The van der Waals surface area contributed by atoms with Crippen molar-refractivity contribution in [1.82, 2.24) is 0 Å². The molecule has 2 heterocycles. The summed E-state index contributed by atoms with van der Waals surface area (Å²) in [6.07, 6.45) is 0.247. The molecule has 0 unspecified atom stereocenters. The first-order chi connectivity index (χ1) is 13.6. The number of nitrogens with zero attached hydrogens (tertiary/aromatic N) is 2. The van der Waals surface area contributed by atoms with Gasteiger partial charge in [-0.2, -0.15) is 0 Å². The first-order valence-electron chi connectivity index (χ1n) is 9.43. The fraction of sp³-hybridized carbons (Fsp3) is 0.333. The minimum absolute atomic E-state index is 0.126. The van der Waals surface area contributed by atoms with E-state index in [0.717, 1.165) is 41.8 Å². The predicted octanol–water partition coefficient (Wildman–Crippen LogP) is 1.39. The molecule has 0 radical (unpaired) electrons. The number of methoxy groups -OCH3 is 1. The number of nitrogens with one attached hydrogen (secondary N) is 1. The molecule has 2 aliphatic rings. The number of anilines is 2. The van der Waals surface area contributed by atoms with E-state index in [9.17, 15) is 9.59 Å². The van der Waals surface area contributed by atoms with Crippen LogP contribution in [0, 0.1) is 0 Å². The Balaban J connectivity index is 1.45. The molecule has 2 aromatic carbocycles. The van der Waals surface area contributed by atoms with Gasteiger partial charge in [-0.05, 0) is 24.3 Å². The molecule has 146 valence electrons. The summed E-state index contributed by atoms with van der Waals surface area (Å²) in [5.74, 6) is 0.353. The van der Waals surface area contributed by atoms with Crippen molar-refractivity contribution >= 4 is 34.8 Å². The molecule has 1 atom stereocenters. The maximum absolute atomic E-state index is 13.0. The Kier molecular flexibility index (Phi) is 5.24. The van der Waals surface area contributed by atoms with Crippen LogP contribution in [0.15, 0.2) is 48.5 Å². The highest BCUT2D eigenvalue weighted by Crippen LogP contribution is 2.27. The van der Waals surface area contributed by atoms with E-state index in [-0.39, 0.29) is 24.3 Å². The number of carbonyl (C=O) groups excluding carboxylic acids is 2. The second-order valence-electron chi connectivity index (χ2n) is 7.12. The van der Waals surface area contributed by atoms with Crippen molar-refractivity contribution in [3.63, 3.8) is 0 Å². The van der Waals surface area contributed by atoms with E-state index in [2.05, 4.69) is 4.90 Å². The lowest BCUT2D eigenvalue weighted by Crippen LogP contribution is -3.19. The van der Waals surface area contributed by atoms with Crippen LogP contribution in [0.1, 0.15) is 6.42 Å². The number of para-hydroxylation sites is 1. The van der Waals surface area contributed by atoms with Gasteiger partial charge in [-0.1, -0.05) is 29.8 Å². The number of hydrogen-bond donors (Lipinski definition) is 1. The minimum atomic E-state index is -0.327. The van der Waals surface area contributed by atoms with Crippen molar-refractivity contribution in [2.24, 2.45) is 0 Å². The maximum Gasteiger partial charge on any atom is 0.292 e. The fourth-order valence-electron chi connectivity index (χ4n) is 4.06. The van der Waals surface area contributed by atoms with E-state index in [1.54, 1.807) is 31.4 Å². The summed E-state index contributed by atoms with van der Waals surface area (Å²) < 4.78 is 5.22. The van der Waals surface area contributed by atoms with Gasteiger partial charge in [-0.15, -0.1) is 0 Å². The number of quaternary nitrogens is 1. The molecular weight excluding hydrogens is 378 g/mol. The Bertz CT molecular complexity index is 896. The van der Waals surface area contributed by atoms with E-state index in [0.29, 0.717) is 11.4 Å². The number of amides is 2. The molecule has 2 amide bonds. The summed E-state index contributed by atoms with van der Waals surface area (Å²) in [7, 11) is 1.57. The van der Waals surface area contributed by atoms with Crippen LogP contribution in [-0.4, -0.2) is 51.1 Å². The van der Waals surface area contributed by atoms with Gasteiger partial charge in [0.2, 0.25) is 5.91 Å². The molecule has 28 heavy (non-hydrogen) atoms. The quantitative estimate of drug-likeness (QED) is 0.788. The largest absolute Gasteiger partial charge is 0.497 e. The van der Waals surface area contributed by atoms with Gasteiger partial charge in [0.05, 0.1) is 56.1 Å². The van der Waals surface area contributed by atoms with Crippen molar-refractivity contribution in [3.8, 4) is 5.75 Å². The average Bonchev–Trinajstić information content (AvgIpc) is 3.02. The normalized spacial score (nSPS) is 20.7. The molecule has 4 rings (SSSR count). The summed E-state index contributed by atoms with van der Waals surface area (Å²) in [5.41, 5.74) is 1.60. The number of halogens is 1. The van der Waals surface area contributed by atoms with Crippen LogP contribution >= 0.6 is 11.6 Å². The SMILES string of the molecule is COc1cccc(N2C(=O)C[C@H]([NH+]3CCN(c4ccccc4Cl)CC3)C2=O)c1. The monoisotopic (exact) mass is 400 g/mol. The van der Waals surface area contributed by atoms with Gasteiger partial charge in [0, 0.05) is 6.07 Å². The third-order valence-electron chi connectivity index (χ3n) is 5.55. The summed E-state index contributed by atoms with van der Waals surface area (Å²) in [5, 5.41) is 0.738. The highest BCUT2D eigenvalue weighted by atomic mass is 35.5. The maximum atomic E-state index is 13.0. The Morgan fingerprint density at radius 1 is 1.07 bits per heavy atom. The average molecular weight is 401 g/mol. The highest BCUT2D eigenvalue weighted by Gasteiger charge is 2.46. The van der Waals surface area contributed by atoms with Crippen molar-refractivity contribution in [2.45, 2.75) is 12.5 Å². The number of rotatable bonds is 4. The molecule has 6 nitrogen and oxygen atoms in total. The molecule has 0 aromatic heterocycles. The van der Waals surface area contributed by atoms with Gasteiger partial charge in [-0.3, -0.25) is 9.59 Å². The summed E-state index contributed by atoms with van der Waals surface area (Å²) in [6, 6.07) is 14.6. The molecule has 0 bridgehead atoms. The van der Waals surface area contributed by atoms with Gasteiger partial charge in [-0.25, -0.2) is 4.90 Å². The zero-order valence-corrected chi connectivity index (χ0v) is 16.5. The molecular formula is C21H23ClN3O3+. The number of imide groups is 1. The predicted molar refractivity (Wildman–Crippen MR) is 108 cm³/mol. The van der Waals surface area contributed by atoms with Crippen LogP contribution in [0.2, 0.25) is 5.02 Å². The van der Waals surface area contributed by atoms with Gasteiger partial charge in [0.15, 0.2) is 6.04 Å². The van der Waals surface area contributed by atoms with E-state index >= 15 is 0 Å². The molecule has 7 heteroatoms. The Labute approximate surface area is 169 Å². The molecule has 2 aliphatic heterocycles. The van der Waals surface area contributed by atoms with Gasteiger partial charge < -0.3 is 14.5 Å². The van der Waals surface area contributed by atoms with Crippen molar-refractivity contribution in [3.05, 3.63) is 53.6 Å². The lowest BCUT2D eigenvalue weighted by molar-refractivity contribution is -0.915. The van der Waals surface area contributed by atoms with Gasteiger partial charge in [0.25, 0.3) is 5.91 Å². The first kappa shape index (κ1) is 18.8. The summed E-state index contributed by atoms with van der Waals surface area (Å²) in [6.45, 7) is 3.19. The zero-order chi connectivity index (χ0) is 19.7.